The van der Waals surface area contributed by atoms with Crippen LogP contribution < -0.4 is 11.1 Å². The van der Waals surface area contributed by atoms with Crippen LogP contribution in [0.15, 0.2) is 24.3 Å². The summed E-state index contributed by atoms with van der Waals surface area (Å²) < 4.78 is 0. The number of ketones is 1. The summed E-state index contributed by atoms with van der Waals surface area (Å²) in [6, 6.07) is 6.78. The molecule has 0 spiro atoms. The molecule has 0 aliphatic heterocycles. The molecule has 1 aromatic carbocycles. The van der Waals surface area contributed by atoms with E-state index in [1.807, 2.05) is 0 Å². The average molecular weight is 208 g/mol. The predicted octanol–water partition coefficient (Wildman–Crippen LogP) is 0.422. The van der Waals surface area contributed by atoms with Crippen LogP contribution in [-0.2, 0) is 0 Å². The van der Waals surface area contributed by atoms with E-state index >= 15 is 0 Å². The van der Waals surface area contributed by atoms with Crippen molar-refractivity contribution in [1.29, 1.82) is 0 Å². The van der Waals surface area contributed by atoms with E-state index in [-0.39, 0.29) is 12.3 Å². The van der Waals surface area contributed by atoms with Crippen molar-refractivity contribution in [1.82, 2.24) is 5.32 Å². The van der Waals surface area contributed by atoms with Crippen LogP contribution in [0.2, 0.25) is 0 Å². The lowest BCUT2D eigenvalue weighted by Gasteiger charge is -2.06. The topological polar surface area (TPSA) is 75.3 Å². The number of nitrogen functional groups attached to an aromatic ring is 1. The standard InChI is InChI=1S/C11H16N2O2/c1-8(14)6-13-7-11(15)9-2-4-10(12)5-3-9/h2-5,8,13-14H,6-7,12H2,1H3. The lowest BCUT2D eigenvalue weighted by molar-refractivity contribution is 0.0985. The van der Waals surface area contributed by atoms with Gasteiger partial charge in [-0.25, -0.2) is 0 Å². The smallest absolute Gasteiger partial charge is 0.176 e. The molecule has 1 atom stereocenters. The van der Waals surface area contributed by atoms with Crippen LogP contribution in [0.25, 0.3) is 0 Å². The maximum atomic E-state index is 11.6. The van der Waals surface area contributed by atoms with Gasteiger partial charge >= 0.3 is 0 Å². The van der Waals surface area contributed by atoms with Crippen molar-refractivity contribution in [2.75, 3.05) is 18.8 Å². The molecule has 15 heavy (non-hydrogen) atoms. The Hall–Kier alpha value is -1.39. The summed E-state index contributed by atoms with van der Waals surface area (Å²) in [6.45, 7) is 2.32. The molecule has 82 valence electrons. The van der Waals surface area contributed by atoms with Crippen LogP contribution in [-0.4, -0.2) is 30.1 Å². The molecule has 0 aliphatic rings. The van der Waals surface area contributed by atoms with Gasteiger partial charge in [0.25, 0.3) is 0 Å². The number of carbonyl (C=O) groups is 1. The molecule has 0 aliphatic carbocycles. The summed E-state index contributed by atoms with van der Waals surface area (Å²) in [5, 5.41) is 11.8. The van der Waals surface area contributed by atoms with Crippen molar-refractivity contribution in [2.45, 2.75) is 13.0 Å². The van der Waals surface area contributed by atoms with Gasteiger partial charge in [0.1, 0.15) is 0 Å². The summed E-state index contributed by atoms with van der Waals surface area (Å²) in [6.07, 6.45) is -0.441. The normalized spacial score (nSPS) is 12.4. The molecule has 0 radical (unpaired) electrons. The highest BCUT2D eigenvalue weighted by Crippen LogP contribution is 2.05. The van der Waals surface area contributed by atoms with Gasteiger partial charge in [-0.3, -0.25) is 4.79 Å². The Morgan fingerprint density at radius 3 is 2.60 bits per heavy atom. The van der Waals surface area contributed by atoms with Gasteiger partial charge in [0.05, 0.1) is 12.6 Å². The molecular formula is C11H16N2O2. The minimum absolute atomic E-state index is 0.00403. The van der Waals surface area contributed by atoms with Crippen molar-refractivity contribution in [3.63, 3.8) is 0 Å². The Morgan fingerprint density at radius 2 is 2.07 bits per heavy atom. The molecule has 4 N–H and O–H groups in total. The third-order valence-electron chi connectivity index (χ3n) is 1.96. The number of carbonyl (C=O) groups excluding carboxylic acids is 1. The molecule has 4 nitrogen and oxygen atoms in total. The Kier molecular flexibility index (Phi) is 4.27. The third kappa shape index (κ3) is 4.10. The largest absolute Gasteiger partial charge is 0.399 e. The zero-order valence-electron chi connectivity index (χ0n) is 8.73. The van der Waals surface area contributed by atoms with Crippen molar-refractivity contribution in [3.05, 3.63) is 29.8 Å². The summed E-state index contributed by atoms with van der Waals surface area (Å²) in [7, 11) is 0. The lowest BCUT2D eigenvalue weighted by atomic mass is 10.1. The van der Waals surface area contributed by atoms with Gasteiger partial charge in [-0.1, -0.05) is 0 Å². The molecule has 1 aromatic rings. The van der Waals surface area contributed by atoms with E-state index in [0.29, 0.717) is 17.8 Å². The molecule has 0 saturated heterocycles. The van der Waals surface area contributed by atoms with Crippen molar-refractivity contribution in [2.24, 2.45) is 0 Å². The fourth-order valence-electron chi connectivity index (χ4n) is 1.17. The second kappa shape index (κ2) is 5.48. The van der Waals surface area contributed by atoms with Gasteiger partial charge in [0.15, 0.2) is 5.78 Å². The van der Waals surface area contributed by atoms with E-state index in [9.17, 15) is 4.79 Å². The molecule has 0 fully saturated rings. The fraction of sp³-hybridized carbons (Fsp3) is 0.364. The summed E-state index contributed by atoms with van der Waals surface area (Å²) in [4.78, 5) is 11.6. The summed E-state index contributed by atoms with van der Waals surface area (Å²) >= 11 is 0. The van der Waals surface area contributed by atoms with Crippen LogP contribution >= 0.6 is 0 Å². The van der Waals surface area contributed by atoms with Crippen LogP contribution in [0, 0.1) is 0 Å². The molecule has 0 heterocycles. The third-order valence-corrected chi connectivity index (χ3v) is 1.96. The van der Waals surface area contributed by atoms with E-state index in [0.717, 1.165) is 0 Å². The highest BCUT2D eigenvalue weighted by atomic mass is 16.3. The van der Waals surface area contributed by atoms with Gasteiger partial charge in [0.2, 0.25) is 0 Å². The number of anilines is 1. The molecule has 0 amide bonds. The molecule has 0 aromatic heterocycles. The zero-order chi connectivity index (χ0) is 11.3. The Morgan fingerprint density at radius 1 is 1.47 bits per heavy atom. The van der Waals surface area contributed by atoms with Crippen LogP contribution in [0.1, 0.15) is 17.3 Å². The second-order valence-corrected chi connectivity index (χ2v) is 3.53. The Labute approximate surface area is 89.1 Å². The van der Waals surface area contributed by atoms with Crippen LogP contribution in [0.3, 0.4) is 0 Å². The summed E-state index contributed by atoms with van der Waals surface area (Å²) in [5.41, 5.74) is 6.78. The molecule has 0 bridgehead atoms. The second-order valence-electron chi connectivity index (χ2n) is 3.53. The molecule has 0 saturated carbocycles. The maximum Gasteiger partial charge on any atom is 0.176 e. The minimum atomic E-state index is -0.441. The quantitative estimate of drug-likeness (QED) is 0.484. The molecule has 4 heteroatoms. The number of aliphatic hydroxyl groups is 1. The Balaban J connectivity index is 2.43. The highest BCUT2D eigenvalue weighted by Gasteiger charge is 2.05. The molecular weight excluding hydrogens is 192 g/mol. The van der Waals surface area contributed by atoms with Crippen molar-refractivity contribution < 1.29 is 9.90 Å². The number of nitrogens with two attached hydrogens (primary N) is 1. The summed E-state index contributed by atoms with van der Waals surface area (Å²) in [5.74, 6) is -0.00403. The van der Waals surface area contributed by atoms with Gasteiger partial charge in [0, 0.05) is 17.8 Å². The molecule has 1 unspecified atom stereocenters. The number of rotatable bonds is 5. The molecule has 1 rings (SSSR count). The SMILES string of the molecule is CC(O)CNCC(=O)c1ccc(N)cc1. The van der Waals surface area contributed by atoms with Crippen LogP contribution in [0.4, 0.5) is 5.69 Å². The van der Waals surface area contributed by atoms with E-state index in [1.165, 1.54) is 0 Å². The van der Waals surface area contributed by atoms with Gasteiger partial charge in [-0.15, -0.1) is 0 Å². The van der Waals surface area contributed by atoms with Crippen LogP contribution in [0.5, 0.6) is 0 Å². The fourth-order valence-corrected chi connectivity index (χ4v) is 1.17. The van der Waals surface area contributed by atoms with E-state index < -0.39 is 6.10 Å². The van der Waals surface area contributed by atoms with E-state index in [1.54, 1.807) is 31.2 Å². The Bertz CT molecular complexity index is 320. The maximum absolute atomic E-state index is 11.6. The lowest BCUT2D eigenvalue weighted by Crippen LogP contribution is -2.29. The predicted molar refractivity (Wildman–Crippen MR) is 59.7 cm³/mol. The highest BCUT2D eigenvalue weighted by molar-refractivity contribution is 5.97. The number of Topliss-reactive ketones (excluding diaryl/α,β-unsaturated/α-hetero) is 1. The first-order valence-corrected chi connectivity index (χ1v) is 4.87. The van der Waals surface area contributed by atoms with Gasteiger partial charge in [-0.2, -0.15) is 0 Å². The van der Waals surface area contributed by atoms with E-state index in [4.69, 9.17) is 10.8 Å². The number of aliphatic hydroxyl groups excluding tert-OH is 1. The zero-order valence-corrected chi connectivity index (χ0v) is 8.73. The number of benzene rings is 1. The number of hydrogen-bond donors (Lipinski definition) is 3. The first-order chi connectivity index (χ1) is 7.09. The first kappa shape index (κ1) is 11.7. The van der Waals surface area contributed by atoms with Gasteiger partial charge < -0.3 is 16.2 Å². The number of hydrogen-bond acceptors (Lipinski definition) is 4. The van der Waals surface area contributed by atoms with E-state index in [2.05, 4.69) is 5.32 Å². The minimum Gasteiger partial charge on any atom is -0.399 e. The van der Waals surface area contributed by atoms with Crippen molar-refractivity contribution in [3.8, 4) is 0 Å². The average Bonchev–Trinajstić information content (AvgIpc) is 2.18. The van der Waals surface area contributed by atoms with Gasteiger partial charge in [-0.05, 0) is 31.2 Å². The first-order valence-electron chi connectivity index (χ1n) is 4.87. The van der Waals surface area contributed by atoms with Crippen molar-refractivity contribution >= 4 is 11.5 Å². The number of nitrogens with one attached hydrogen (secondary N) is 1. The monoisotopic (exact) mass is 208 g/mol.